The van der Waals surface area contributed by atoms with Gasteiger partial charge in [-0.3, -0.25) is 4.79 Å². The lowest BCUT2D eigenvalue weighted by atomic mass is 10.2. The third-order valence-electron chi connectivity index (χ3n) is 4.26. The summed E-state index contributed by atoms with van der Waals surface area (Å²) >= 11 is 6.01. The monoisotopic (exact) mass is 373 g/mol. The number of carbonyl (C=O) groups excluding carboxylic acids is 2. The van der Waals surface area contributed by atoms with Crippen LogP contribution in [0.5, 0.6) is 0 Å². The summed E-state index contributed by atoms with van der Waals surface area (Å²) in [6, 6.07) is 9.20. The van der Waals surface area contributed by atoms with Crippen molar-refractivity contribution >= 4 is 35.4 Å². The summed E-state index contributed by atoms with van der Waals surface area (Å²) < 4.78 is 6.81. The summed E-state index contributed by atoms with van der Waals surface area (Å²) in [5.74, 6) is -0.377. The third kappa shape index (κ3) is 4.73. The van der Waals surface area contributed by atoms with Crippen LogP contribution in [0.4, 0.5) is 5.82 Å². The van der Waals surface area contributed by atoms with E-state index in [2.05, 4.69) is 10.4 Å². The molecule has 1 amide bonds. The number of amides is 1. The van der Waals surface area contributed by atoms with Gasteiger partial charge in [-0.1, -0.05) is 42.6 Å². The Morgan fingerprint density at radius 2 is 2.04 bits per heavy atom. The molecule has 0 aliphatic heterocycles. The number of ether oxygens (including phenoxy) is 1. The molecule has 3 rings (SSSR count). The molecule has 1 aromatic heterocycles. The lowest BCUT2D eigenvalue weighted by Crippen LogP contribution is -2.22. The minimum Gasteiger partial charge on any atom is -0.452 e. The van der Waals surface area contributed by atoms with Crippen LogP contribution in [-0.2, 0) is 14.3 Å². The second-order valence-electron chi connectivity index (χ2n) is 6.11. The van der Waals surface area contributed by atoms with E-state index in [1.54, 1.807) is 36.5 Å². The second-order valence-corrected chi connectivity index (χ2v) is 6.52. The summed E-state index contributed by atoms with van der Waals surface area (Å²) in [7, 11) is 0. The number of esters is 1. The second kappa shape index (κ2) is 8.67. The van der Waals surface area contributed by atoms with Crippen LogP contribution in [0.3, 0.4) is 0 Å². The normalized spacial score (nSPS) is 14.7. The minimum atomic E-state index is -0.607. The molecule has 1 aromatic carbocycles. The van der Waals surface area contributed by atoms with Crippen LogP contribution in [0, 0.1) is 0 Å². The molecule has 2 aromatic rings. The molecule has 6 nitrogen and oxygen atoms in total. The number of benzene rings is 1. The highest BCUT2D eigenvalue weighted by atomic mass is 35.5. The summed E-state index contributed by atoms with van der Waals surface area (Å²) in [6.07, 6.45) is 8.93. The fraction of sp³-hybridized carbons (Fsp3) is 0.316. The van der Waals surface area contributed by atoms with Gasteiger partial charge in [-0.15, -0.1) is 0 Å². The number of carbonyl (C=O) groups is 2. The molecule has 0 radical (unpaired) electrons. The Kier molecular flexibility index (Phi) is 6.07. The largest absolute Gasteiger partial charge is 0.452 e. The number of hydrogen-bond donors (Lipinski definition) is 1. The Labute approximate surface area is 156 Å². The van der Waals surface area contributed by atoms with Crippen molar-refractivity contribution in [2.75, 3.05) is 11.9 Å². The molecule has 0 bridgehead atoms. The predicted molar refractivity (Wildman–Crippen MR) is 99.8 cm³/mol. The zero-order valence-corrected chi connectivity index (χ0v) is 15.0. The lowest BCUT2D eigenvalue weighted by molar-refractivity contribution is -0.142. The van der Waals surface area contributed by atoms with Crippen LogP contribution in [0.15, 0.2) is 42.6 Å². The van der Waals surface area contributed by atoms with Crippen LogP contribution in [-0.4, -0.2) is 28.3 Å². The molecule has 0 unspecified atom stereocenters. The van der Waals surface area contributed by atoms with Crippen LogP contribution >= 0.6 is 11.6 Å². The van der Waals surface area contributed by atoms with Crippen molar-refractivity contribution in [1.82, 2.24) is 9.78 Å². The van der Waals surface area contributed by atoms with Crippen molar-refractivity contribution in [2.45, 2.75) is 31.7 Å². The summed E-state index contributed by atoms with van der Waals surface area (Å²) in [6.45, 7) is -0.360. The van der Waals surface area contributed by atoms with Gasteiger partial charge in [-0.05, 0) is 30.5 Å². The van der Waals surface area contributed by atoms with Gasteiger partial charge in [0.1, 0.15) is 5.82 Å². The van der Waals surface area contributed by atoms with Crippen LogP contribution in [0.1, 0.15) is 37.3 Å². The van der Waals surface area contributed by atoms with Crippen molar-refractivity contribution in [2.24, 2.45) is 0 Å². The number of nitrogens with zero attached hydrogens (tertiary/aromatic N) is 2. The highest BCUT2D eigenvalue weighted by Gasteiger charge is 2.20. The van der Waals surface area contributed by atoms with Gasteiger partial charge < -0.3 is 10.1 Å². The molecule has 1 aliphatic rings. The maximum Gasteiger partial charge on any atom is 0.331 e. The van der Waals surface area contributed by atoms with E-state index in [0.29, 0.717) is 22.4 Å². The average molecular weight is 374 g/mol. The molecule has 26 heavy (non-hydrogen) atoms. The number of nitrogens with one attached hydrogen (secondary N) is 1. The summed E-state index contributed by atoms with van der Waals surface area (Å²) in [5.41, 5.74) is 0.705. The van der Waals surface area contributed by atoms with Gasteiger partial charge in [0.25, 0.3) is 5.91 Å². The van der Waals surface area contributed by atoms with E-state index in [1.807, 2.05) is 10.7 Å². The van der Waals surface area contributed by atoms with Gasteiger partial charge >= 0.3 is 5.97 Å². The molecule has 1 heterocycles. The van der Waals surface area contributed by atoms with Crippen molar-refractivity contribution in [3.63, 3.8) is 0 Å². The molecule has 1 N–H and O–H groups in total. The molecular weight excluding hydrogens is 354 g/mol. The molecule has 1 aliphatic carbocycles. The van der Waals surface area contributed by atoms with E-state index < -0.39 is 11.9 Å². The first-order valence-corrected chi connectivity index (χ1v) is 8.94. The van der Waals surface area contributed by atoms with Gasteiger partial charge in [-0.25, -0.2) is 9.48 Å². The van der Waals surface area contributed by atoms with E-state index in [4.69, 9.17) is 16.3 Å². The van der Waals surface area contributed by atoms with E-state index in [1.165, 1.54) is 18.9 Å². The molecule has 1 fully saturated rings. The lowest BCUT2D eigenvalue weighted by Gasteiger charge is -2.14. The topological polar surface area (TPSA) is 73.2 Å². The number of hydrogen-bond acceptors (Lipinski definition) is 4. The molecule has 1 saturated carbocycles. The molecular formula is C19H20ClN3O3. The van der Waals surface area contributed by atoms with Gasteiger partial charge in [0, 0.05) is 17.2 Å². The fourth-order valence-corrected chi connectivity index (χ4v) is 3.18. The van der Waals surface area contributed by atoms with Gasteiger partial charge in [0.15, 0.2) is 6.61 Å². The smallest absolute Gasteiger partial charge is 0.331 e. The van der Waals surface area contributed by atoms with Gasteiger partial charge in [0.2, 0.25) is 0 Å². The first kappa shape index (κ1) is 18.2. The van der Waals surface area contributed by atoms with Gasteiger partial charge in [-0.2, -0.15) is 5.10 Å². The van der Waals surface area contributed by atoms with E-state index in [9.17, 15) is 9.59 Å². The third-order valence-corrected chi connectivity index (χ3v) is 4.60. The zero-order valence-electron chi connectivity index (χ0n) is 14.2. The van der Waals surface area contributed by atoms with Crippen LogP contribution in [0.2, 0.25) is 5.02 Å². The van der Waals surface area contributed by atoms with Gasteiger partial charge in [0.05, 0.1) is 12.2 Å². The first-order valence-electron chi connectivity index (χ1n) is 8.56. The molecule has 0 saturated heterocycles. The predicted octanol–water partition coefficient (Wildman–Crippen LogP) is 3.85. The fourth-order valence-electron chi connectivity index (χ4n) is 2.98. The molecule has 0 spiro atoms. The summed E-state index contributed by atoms with van der Waals surface area (Å²) in [4.78, 5) is 23.8. The van der Waals surface area contributed by atoms with Crippen molar-refractivity contribution in [3.8, 4) is 0 Å². The van der Waals surface area contributed by atoms with E-state index >= 15 is 0 Å². The van der Waals surface area contributed by atoms with Crippen molar-refractivity contribution < 1.29 is 14.3 Å². The highest BCUT2D eigenvalue weighted by Crippen LogP contribution is 2.31. The number of halogens is 1. The van der Waals surface area contributed by atoms with Crippen LogP contribution < -0.4 is 5.32 Å². The number of aromatic nitrogens is 2. The number of anilines is 1. The highest BCUT2D eigenvalue weighted by molar-refractivity contribution is 6.32. The summed E-state index contributed by atoms with van der Waals surface area (Å²) in [5, 5.41) is 7.57. The average Bonchev–Trinajstić information content (AvgIpc) is 3.30. The van der Waals surface area contributed by atoms with Crippen LogP contribution in [0.25, 0.3) is 6.08 Å². The molecule has 7 heteroatoms. The first-order chi connectivity index (χ1) is 12.6. The Morgan fingerprint density at radius 1 is 1.27 bits per heavy atom. The maximum atomic E-state index is 12.0. The van der Waals surface area contributed by atoms with E-state index in [0.717, 1.165) is 12.8 Å². The molecule has 0 atom stereocenters. The quantitative estimate of drug-likeness (QED) is 0.616. The minimum absolute atomic E-state index is 0.321. The number of rotatable bonds is 6. The van der Waals surface area contributed by atoms with E-state index in [-0.39, 0.29) is 6.61 Å². The standard InChI is InChI=1S/C19H20ClN3O3/c20-16-8-4-1-5-14(16)9-10-19(25)26-13-18(24)22-17-11-12-21-23(17)15-6-2-3-7-15/h1,4-5,8-12,15H,2-3,6-7,13H2,(H,22,24)/b10-9+. The Balaban J connectivity index is 1.49. The SMILES string of the molecule is O=C(COC(=O)/C=C/c1ccccc1Cl)Nc1ccnn1C1CCCC1. The zero-order chi connectivity index (χ0) is 18.4. The Bertz CT molecular complexity index is 810. The van der Waals surface area contributed by atoms with Crippen molar-refractivity contribution in [3.05, 3.63) is 53.2 Å². The molecule has 136 valence electrons. The Morgan fingerprint density at radius 3 is 2.81 bits per heavy atom. The maximum absolute atomic E-state index is 12.0. The van der Waals surface area contributed by atoms with Crippen molar-refractivity contribution in [1.29, 1.82) is 0 Å². The Hall–Kier alpha value is -2.60.